The summed E-state index contributed by atoms with van der Waals surface area (Å²) in [7, 11) is 1.56. The minimum Gasteiger partial charge on any atom is -0.496 e. The van der Waals surface area contributed by atoms with Crippen molar-refractivity contribution in [1.29, 1.82) is 0 Å². The highest BCUT2D eigenvalue weighted by molar-refractivity contribution is 7.80. The summed E-state index contributed by atoms with van der Waals surface area (Å²) in [4.78, 5) is 14.0. The number of thiol groups is 1. The fourth-order valence-electron chi connectivity index (χ4n) is 3.70. The Hall–Kier alpha value is -2.86. The molecule has 28 heavy (non-hydrogen) atoms. The van der Waals surface area contributed by atoms with Crippen molar-refractivity contribution in [2.24, 2.45) is 0 Å². The van der Waals surface area contributed by atoms with Crippen molar-refractivity contribution in [3.63, 3.8) is 0 Å². The van der Waals surface area contributed by atoms with Gasteiger partial charge in [-0.15, -0.1) is 12.6 Å². The van der Waals surface area contributed by atoms with E-state index in [4.69, 9.17) is 18.6 Å². The maximum absolute atomic E-state index is 13.4. The van der Waals surface area contributed by atoms with E-state index < -0.39 is 5.60 Å². The van der Waals surface area contributed by atoms with Crippen molar-refractivity contribution in [3.8, 4) is 28.4 Å². The molecule has 0 saturated carbocycles. The summed E-state index contributed by atoms with van der Waals surface area (Å²) in [5.74, 6) is 2.35. The highest BCUT2D eigenvalue weighted by atomic mass is 32.1. The van der Waals surface area contributed by atoms with Gasteiger partial charge in [0.25, 0.3) is 0 Å². The zero-order valence-corrected chi connectivity index (χ0v) is 16.6. The molecule has 0 aliphatic carbocycles. The van der Waals surface area contributed by atoms with Crippen molar-refractivity contribution in [2.75, 3.05) is 7.11 Å². The number of ether oxygens (including phenoxy) is 3. The Balaban J connectivity index is 1.80. The second-order valence-electron chi connectivity index (χ2n) is 7.43. The molecule has 0 spiro atoms. The molecular weight excluding hydrogens is 376 g/mol. The molecule has 6 heteroatoms. The molecule has 0 fully saturated rings. The van der Waals surface area contributed by atoms with Gasteiger partial charge in [-0.25, -0.2) is 0 Å². The summed E-state index contributed by atoms with van der Waals surface area (Å²) in [6.45, 7) is 4.13. The molecular formula is C22H18O5S. The molecule has 0 amide bonds. The lowest BCUT2D eigenvalue weighted by molar-refractivity contribution is 0.159. The lowest BCUT2D eigenvalue weighted by Gasteiger charge is -2.28. The van der Waals surface area contributed by atoms with E-state index in [2.05, 4.69) is 12.6 Å². The Morgan fingerprint density at radius 2 is 2.00 bits per heavy atom. The van der Waals surface area contributed by atoms with Crippen LogP contribution in [-0.4, -0.2) is 12.7 Å². The molecule has 0 bridgehead atoms. The summed E-state index contributed by atoms with van der Waals surface area (Å²) in [5, 5.41) is 0.507. The van der Waals surface area contributed by atoms with E-state index in [0.717, 1.165) is 5.56 Å². The SMILES string of the molecule is COc1cc2c(cc1S)OCc1oc3c4c(ccc3c(=O)c1-2)OC(C)(C)C=C4. The number of methoxy groups -OCH3 is 1. The van der Waals surface area contributed by atoms with Crippen LogP contribution in [0.5, 0.6) is 17.2 Å². The molecule has 3 heterocycles. The zero-order valence-electron chi connectivity index (χ0n) is 15.7. The summed E-state index contributed by atoms with van der Waals surface area (Å²) < 4.78 is 23.4. The van der Waals surface area contributed by atoms with Gasteiger partial charge in [0, 0.05) is 10.5 Å². The molecule has 1 aromatic heterocycles. The molecule has 0 unspecified atom stereocenters. The molecule has 0 radical (unpaired) electrons. The van der Waals surface area contributed by atoms with E-state index in [-0.39, 0.29) is 12.0 Å². The smallest absolute Gasteiger partial charge is 0.201 e. The van der Waals surface area contributed by atoms with Crippen molar-refractivity contribution in [1.82, 2.24) is 0 Å². The van der Waals surface area contributed by atoms with Crippen LogP contribution < -0.4 is 19.6 Å². The first-order valence-corrected chi connectivity index (χ1v) is 9.38. The predicted molar refractivity (Wildman–Crippen MR) is 110 cm³/mol. The van der Waals surface area contributed by atoms with E-state index in [0.29, 0.717) is 50.0 Å². The quantitative estimate of drug-likeness (QED) is 0.599. The maximum atomic E-state index is 13.4. The van der Waals surface area contributed by atoms with E-state index in [1.54, 1.807) is 25.3 Å². The molecule has 0 N–H and O–H groups in total. The van der Waals surface area contributed by atoms with E-state index in [1.807, 2.05) is 32.1 Å². The summed E-state index contributed by atoms with van der Waals surface area (Å²) in [6.07, 6.45) is 3.91. The standard InChI is InChI=1S/C22H18O5S/c1-22(2)7-6-11-14(27-22)5-4-12-20(23)19-13-8-16(24-3)18(28)9-15(13)25-10-17(19)26-21(11)12/h4-9,28H,10H2,1-3H3. The summed E-state index contributed by atoms with van der Waals surface area (Å²) in [5.41, 5.74) is 1.93. The van der Waals surface area contributed by atoms with Gasteiger partial charge < -0.3 is 18.6 Å². The maximum Gasteiger partial charge on any atom is 0.201 e. The average molecular weight is 394 g/mol. The first kappa shape index (κ1) is 17.3. The van der Waals surface area contributed by atoms with Crippen LogP contribution in [0, 0.1) is 0 Å². The van der Waals surface area contributed by atoms with E-state index in [1.165, 1.54) is 0 Å². The third-order valence-corrected chi connectivity index (χ3v) is 5.41. The highest BCUT2D eigenvalue weighted by Gasteiger charge is 2.29. The normalized spacial score (nSPS) is 15.9. The van der Waals surface area contributed by atoms with Crippen molar-refractivity contribution >= 4 is 29.7 Å². The largest absolute Gasteiger partial charge is 0.496 e. The molecule has 5 nitrogen and oxygen atoms in total. The number of rotatable bonds is 1. The fraction of sp³-hybridized carbons (Fsp3) is 0.227. The lowest BCUT2D eigenvalue weighted by Crippen LogP contribution is -2.27. The number of fused-ring (bicyclic) bond motifs is 6. The van der Waals surface area contributed by atoms with Gasteiger partial charge in [0.05, 0.1) is 23.6 Å². The summed E-state index contributed by atoms with van der Waals surface area (Å²) >= 11 is 4.41. The van der Waals surface area contributed by atoms with Crippen LogP contribution in [0.1, 0.15) is 25.2 Å². The van der Waals surface area contributed by atoms with Crippen LogP contribution in [-0.2, 0) is 6.61 Å². The monoisotopic (exact) mass is 394 g/mol. The topological polar surface area (TPSA) is 57.9 Å². The number of hydrogen-bond acceptors (Lipinski definition) is 6. The second-order valence-corrected chi connectivity index (χ2v) is 7.91. The average Bonchev–Trinajstić information content (AvgIpc) is 2.66. The Labute approximate surface area is 166 Å². The minimum absolute atomic E-state index is 0.101. The van der Waals surface area contributed by atoms with Crippen LogP contribution in [0.3, 0.4) is 0 Å². The Kier molecular flexibility index (Phi) is 3.58. The summed E-state index contributed by atoms with van der Waals surface area (Å²) in [6, 6.07) is 7.11. The molecule has 2 aliphatic rings. The minimum atomic E-state index is -0.404. The molecule has 0 atom stereocenters. The van der Waals surface area contributed by atoms with Gasteiger partial charge in [0.1, 0.15) is 35.0 Å². The molecule has 2 aliphatic heterocycles. The molecule has 2 aromatic carbocycles. The van der Waals surface area contributed by atoms with Crippen molar-refractivity contribution in [2.45, 2.75) is 31.0 Å². The lowest BCUT2D eigenvalue weighted by atomic mass is 9.96. The van der Waals surface area contributed by atoms with Crippen molar-refractivity contribution in [3.05, 3.63) is 51.9 Å². The number of benzene rings is 2. The third-order valence-electron chi connectivity index (χ3n) is 5.07. The molecule has 0 saturated heterocycles. The first-order valence-electron chi connectivity index (χ1n) is 8.93. The predicted octanol–water partition coefficient (Wildman–Crippen LogP) is 4.83. The molecule has 142 valence electrons. The Morgan fingerprint density at radius 1 is 1.18 bits per heavy atom. The van der Waals surface area contributed by atoms with Crippen LogP contribution in [0.15, 0.2) is 44.4 Å². The van der Waals surface area contributed by atoms with Gasteiger partial charge in [-0.05, 0) is 50.3 Å². The Morgan fingerprint density at radius 3 is 2.79 bits per heavy atom. The van der Waals surface area contributed by atoms with Crippen LogP contribution in [0.4, 0.5) is 0 Å². The van der Waals surface area contributed by atoms with Crippen LogP contribution in [0.25, 0.3) is 28.2 Å². The van der Waals surface area contributed by atoms with Crippen LogP contribution >= 0.6 is 12.6 Å². The van der Waals surface area contributed by atoms with Gasteiger partial charge in [0.2, 0.25) is 5.43 Å². The van der Waals surface area contributed by atoms with Gasteiger partial charge in [-0.2, -0.15) is 0 Å². The molecule has 3 aromatic rings. The fourth-order valence-corrected chi connectivity index (χ4v) is 3.97. The third kappa shape index (κ3) is 2.44. The van der Waals surface area contributed by atoms with E-state index >= 15 is 0 Å². The second kappa shape index (κ2) is 5.82. The van der Waals surface area contributed by atoms with E-state index in [9.17, 15) is 4.79 Å². The zero-order chi connectivity index (χ0) is 19.6. The van der Waals surface area contributed by atoms with Gasteiger partial charge in [0.15, 0.2) is 5.76 Å². The first-order chi connectivity index (χ1) is 13.4. The van der Waals surface area contributed by atoms with Crippen molar-refractivity contribution < 1.29 is 18.6 Å². The number of hydrogen-bond donors (Lipinski definition) is 1. The van der Waals surface area contributed by atoms with Gasteiger partial charge in [-0.3, -0.25) is 4.79 Å². The van der Waals surface area contributed by atoms with Gasteiger partial charge in [-0.1, -0.05) is 0 Å². The van der Waals surface area contributed by atoms with Gasteiger partial charge >= 0.3 is 0 Å². The molecule has 5 rings (SSSR count). The Bertz CT molecular complexity index is 1240. The van der Waals surface area contributed by atoms with Crippen LogP contribution in [0.2, 0.25) is 0 Å². The highest BCUT2D eigenvalue weighted by Crippen LogP contribution is 2.43.